The third-order valence-corrected chi connectivity index (χ3v) is 2.36. The van der Waals surface area contributed by atoms with E-state index in [1.807, 2.05) is 0 Å². The molecule has 1 heterocycles. The lowest BCUT2D eigenvalue weighted by molar-refractivity contribution is -0.136. The number of halogens is 1. The molecule has 1 N–H and O–H groups in total. The van der Waals surface area contributed by atoms with Gasteiger partial charge in [0.25, 0.3) is 0 Å². The van der Waals surface area contributed by atoms with Gasteiger partial charge in [0.05, 0.1) is 5.69 Å². The van der Waals surface area contributed by atoms with E-state index in [1.165, 1.54) is 6.07 Å². The van der Waals surface area contributed by atoms with E-state index < -0.39 is 11.8 Å². The molecule has 1 aromatic carbocycles. The molecule has 18 heavy (non-hydrogen) atoms. The Balaban J connectivity index is 2.48. The second-order valence-corrected chi connectivity index (χ2v) is 3.86. The number of nitrogens with zero attached hydrogens (tertiary/aromatic N) is 2. The highest BCUT2D eigenvalue weighted by Crippen LogP contribution is 2.21. The van der Waals surface area contributed by atoms with Crippen LogP contribution in [-0.4, -0.2) is 21.0 Å². The zero-order valence-corrected chi connectivity index (χ0v) is 9.72. The van der Waals surface area contributed by atoms with E-state index >= 15 is 0 Å². The molecule has 5 heteroatoms. The second-order valence-electron chi connectivity index (χ2n) is 3.86. The summed E-state index contributed by atoms with van der Waals surface area (Å²) in [7, 11) is 0. The Morgan fingerprint density at radius 1 is 1.33 bits per heavy atom. The maximum absolute atomic E-state index is 13.6. The molecule has 2 aromatic rings. The molecule has 0 unspecified atom stereocenters. The highest BCUT2D eigenvalue weighted by molar-refractivity contribution is 5.69. The molecule has 2 rings (SSSR count). The van der Waals surface area contributed by atoms with Crippen LogP contribution in [0.2, 0.25) is 0 Å². The quantitative estimate of drug-likeness (QED) is 0.901. The van der Waals surface area contributed by atoms with Gasteiger partial charge < -0.3 is 5.11 Å². The lowest BCUT2D eigenvalue weighted by Crippen LogP contribution is -2.06. The Labute approximate surface area is 103 Å². The van der Waals surface area contributed by atoms with Crippen molar-refractivity contribution in [2.24, 2.45) is 0 Å². The van der Waals surface area contributed by atoms with Gasteiger partial charge in [-0.05, 0) is 25.1 Å². The second kappa shape index (κ2) is 4.91. The Kier molecular flexibility index (Phi) is 3.32. The predicted octanol–water partition coefficient (Wildman–Crippen LogP) is 2.22. The molecule has 0 aliphatic carbocycles. The first-order valence-corrected chi connectivity index (χ1v) is 5.37. The van der Waals surface area contributed by atoms with Gasteiger partial charge in [0, 0.05) is 11.3 Å². The largest absolute Gasteiger partial charge is 0.481 e. The zero-order chi connectivity index (χ0) is 13.1. The summed E-state index contributed by atoms with van der Waals surface area (Å²) in [6.07, 6.45) is -0.275. The van der Waals surface area contributed by atoms with Crippen LogP contribution < -0.4 is 0 Å². The van der Waals surface area contributed by atoms with Crippen molar-refractivity contribution in [1.29, 1.82) is 0 Å². The number of hydrogen-bond acceptors (Lipinski definition) is 3. The molecule has 0 bridgehead atoms. The van der Waals surface area contributed by atoms with Gasteiger partial charge >= 0.3 is 5.97 Å². The SMILES string of the molecule is Cc1cc(-c2ccccc2F)nc(CC(=O)O)n1. The van der Waals surface area contributed by atoms with Gasteiger partial charge in [0.15, 0.2) is 0 Å². The molecule has 92 valence electrons. The van der Waals surface area contributed by atoms with Crippen LogP contribution in [0.1, 0.15) is 11.5 Å². The third kappa shape index (κ3) is 2.68. The fourth-order valence-corrected chi connectivity index (χ4v) is 1.65. The van der Waals surface area contributed by atoms with Crippen LogP contribution in [0.25, 0.3) is 11.3 Å². The van der Waals surface area contributed by atoms with Crippen molar-refractivity contribution in [3.63, 3.8) is 0 Å². The molecule has 1 aromatic heterocycles. The molecule has 0 saturated heterocycles. The predicted molar refractivity (Wildman–Crippen MR) is 63.5 cm³/mol. The van der Waals surface area contributed by atoms with Crippen LogP contribution in [0.3, 0.4) is 0 Å². The average molecular weight is 246 g/mol. The number of benzene rings is 1. The van der Waals surface area contributed by atoms with E-state index in [2.05, 4.69) is 9.97 Å². The van der Waals surface area contributed by atoms with Crippen LogP contribution in [0, 0.1) is 12.7 Å². The molecule has 0 radical (unpaired) electrons. The Morgan fingerprint density at radius 2 is 2.06 bits per heavy atom. The molecule has 0 atom stereocenters. The van der Waals surface area contributed by atoms with Gasteiger partial charge in [-0.3, -0.25) is 4.79 Å². The van der Waals surface area contributed by atoms with Crippen LogP contribution in [-0.2, 0) is 11.2 Å². The summed E-state index contributed by atoms with van der Waals surface area (Å²) < 4.78 is 13.6. The molecule has 0 fully saturated rings. The lowest BCUT2D eigenvalue weighted by Gasteiger charge is -2.05. The Bertz CT molecular complexity index is 599. The van der Waals surface area contributed by atoms with Crippen molar-refractivity contribution < 1.29 is 14.3 Å². The number of carboxylic acid groups (broad SMARTS) is 1. The molecule has 0 aliphatic heterocycles. The minimum Gasteiger partial charge on any atom is -0.481 e. The maximum Gasteiger partial charge on any atom is 0.311 e. The van der Waals surface area contributed by atoms with E-state index in [-0.39, 0.29) is 12.2 Å². The van der Waals surface area contributed by atoms with Gasteiger partial charge in [-0.25, -0.2) is 14.4 Å². The number of carbonyl (C=O) groups is 1. The molecular formula is C13H11FN2O2. The number of aromatic nitrogens is 2. The van der Waals surface area contributed by atoms with Crippen LogP contribution in [0.5, 0.6) is 0 Å². The molecule has 0 amide bonds. The average Bonchev–Trinajstić information content (AvgIpc) is 2.27. The molecule has 0 saturated carbocycles. The monoisotopic (exact) mass is 246 g/mol. The van der Waals surface area contributed by atoms with E-state index in [4.69, 9.17) is 5.11 Å². The number of rotatable bonds is 3. The Morgan fingerprint density at radius 3 is 2.72 bits per heavy atom. The highest BCUT2D eigenvalue weighted by Gasteiger charge is 2.10. The Hall–Kier alpha value is -2.30. The standard InChI is InChI=1S/C13H11FN2O2/c1-8-6-11(9-4-2-3-5-10(9)14)16-12(15-8)7-13(17)18/h2-6H,7H2,1H3,(H,17,18). The molecule has 0 aliphatic rings. The smallest absolute Gasteiger partial charge is 0.311 e. The van der Waals surface area contributed by atoms with Gasteiger partial charge in [0.2, 0.25) is 0 Å². The first kappa shape index (κ1) is 12.2. The van der Waals surface area contributed by atoms with Crippen molar-refractivity contribution >= 4 is 5.97 Å². The van der Waals surface area contributed by atoms with Crippen molar-refractivity contribution in [1.82, 2.24) is 9.97 Å². The molecule has 4 nitrogen and oxygen atoms in total. The van der Waals surface area contributed by atoms with Crippen molar-refractivity contribution in [2.75, 3.05) is 0 Å². The first-order chi connectivity index (χ1) is 8.56. The zero-order valence-electron chi connectivity index (χ0n) is 9.72. The maximum atomic E-state index is 13.6. The van der Waals surface area contributed by atoms with Crippen molar-refractivity contribution in [3.05, 3.63) is 47.7 Å². The highest BCUT2D eigenvalue weighted by atomic mass is 19.1. The molecule has 0 spiro atoms. The summed E-state index contributed by atoms with van der Waals surface area (Å²) in [4.78, 5) is 18.7. The van der Waals surface area contributed by atoms with E-state index in [9.17, 15) is 9.18 Å². The van der Waals surface area contributed by atoms with Gasteiger partial charge in [-0.15, -0.1) is 0 Å². The first-order valence-electron chi connectivity index (χ1n) is 5.37. The number of hydrogen-bond donors (Lipinski definition) is 1. The summed E-state index contributed by atoms with van der Waals surface area (Å²) in [6.45, 7) is 1.72. The van der Waals surface area contributed by atoms with E-state index in [0.717, 1.165) is 0 Å². The lowest BCUT2D eigenvalue weighted by atomic mass is 10.1. The normalized spacial score (nSPS) is 10.3. The van der Waals surface area contributed by atoms with E-state index in [0.29, 0.717) is 17.0 Å². The van der Waals surface area contributed by atoms with E-state index in [1.54, 1.807) is 31.2 Å². The summed E-state index contributed by atoms with van der Waals surface area (Å²) in [6, 6.07) is 7.85. The summed E-state index contributed by atoms with van der Waals surface area (Å²) in [5.74, 6) is -1.22. The minimum atomic E-state index is -1.01. The number of carboxylic acids is 1. The van der Waals surface area contributed by atoms with Gasteiger partial charge in [0.1, 0.15) is 18.1 Å². The van der Waals surface area contributed by atoms with Crippen LogP contribution >= 0.6 is 0 Å². The summed E-state index contributed by atoms with van der Waals surface area (Å²) in [5, 5.41) is 8.72. The minimum absolute atomic E-state index is 0.181. The van der Waals surface area contributed by atoms with Crippen LogP contribution in [0.4, 0.5) is 4.39 Å². The topological polar surface area (TPSA) is 63.1 Å². The third-order valence-electron chi connectivity index (χ3n) is 2.36. The summed E-state index contributed by atoms with van der Waals surface area (Å²) in [5.41, 5.74) is 1.35. The number of aliphatic carboxylic acids is 1. The fourth-order valence-electron chi connectivity index (χ4n) is 1.65. The molecular weight excluding hydrogens is 235 g/mol. The van der Waals surface area contributed by atoms with Crippen molar-refractivity contribution in [2.45, 2.75) is 13.3 Å². The van der Waals surface area contributed by atoms with Gasteiger partial charge in [-0.1, -0.05) is 12.1 Å². The fraction of sp³-hybridized carbons (Fsp3) is 0.154. The number of aryl methyl sites for hydroxylation is 1. The van der Waals surface area contributed by atoms with Crippen LogP contribution in [0.15, 0.2) is 30.3 Å². The summed E-state index contributed by atoms with van der Waals surface area (Å²) >= 11 is 0. The van der Waals surface area contributed by atoms with Gasteiger partial charge in [-0.2, -0.15) is 0 Å². The van der Waals surface area contributed by atoms with Crippen molar-refractivity contribution in [3.8, 4) is 11.3 Å².